The highest BCUT2D eigenvalue weighted by Gasteiger charge is 2.42. The number of aromatic nitrogens is 2. The molecule has 33 heavy (non-hydrogen) atoms. The van der Waals surface area contributed by atoms with E-state index < -0.39 is 29.1 Å². The number of hydrogen-bond donors (Lipinski definition) is 1. The van der Waals surface area contributed by atoms with Gasteiger partial charge in [0.05, 0.1) is 5.56 Å². The van der Waals surface area contributed by atoms with Crippen molar-refractivity contribution in [3.8, 4) is 0 Å². The minimum absolute atomic E-state index is 0.00443. The van der Waals surface area contributed by atoms with E-state index in [0.29, 0.717) is 10.6 Å². The van der Waals surface area contributed by atoms with Gasteiger partial charge in [-0.1, -0.05) is 47.5 Å². The molecular weight excluding hydrogens is 478 g/mol. The largest absolute Gasteiger partial charge is 0.432 e. The molecule has 5 nitrogen and oxygen atoms in total. The Morgan fingerprint density at radius 1 is 1.00 bits per heavy atom. The van der Waals surface area contributed by atoms with Crippen molar-refractivity contribution in [2.24, 2.45) is 0 Å². The third-order valence-electron chi connectivity index (χ3n) is 4.95. The number of halogens is 5. The van der Waals surface area contributed by atoms with Crippen molar-refractivity contribution in [2.45, 2.75) is 12.7 Å². The predicted octanol–water partition coefficient (Wildman–Crippen LogP) is 6.23. The van der Waals surface area contributed by atoms with Gasteiger partial charge in [-0.2, -0.15) is 13.2 Å². The molecule has 2 aromatic heterocycles. The third-order valence-corrected chi connectivity index (χ3v) is 5.54. The zero-order valence-corrected chi connectivity index (χ0v) is 18.2. The minimum Gasteiger partial charge on any atom is -0.332 e. The van der Waals surface area contributed by atoms with Crippen LogP contribution in [0.3, 0.4) is 0 Å². The van der Waals surface area contributed by atoms with E-state index in [0.717, 1.165) is 4.57 Å². The van der Waals surface area contributed by atoms with Crippen LogP contribution in [0.15, 0.2) is 67.0 Å². The van der Waals surface area contributed by atoms with E-state index in [1.54, 1.807) is 6.07 Å². The van der Waals surface area contributed by atoms with E-state index in [1.165, 1.54) is 60.9 Å². The van der Waals surface area contributed by atoms with Crippen molar-refractivity contribution in [3.63, 3.8) is 0 Å². The van der Waals surface area contributed by atoms with E-state index in [1.807, 2.05) is 0 Å². The third kappa shape index (κ3) is 4.58. The lowest BCUT2D eigenvalue weighted by Crippen LogP contribution is -2.26. The summed E-state index contributed by atoms with van der Waals surface area (Å²) in [5.74, 6) is -2.50. The molecule has 0 fully saturated rings. The summed E-state index contributed by atoms with van der Waals surface area (Å²) in [5, 5.41) is 2.83. The average Bonchev–Trinajstić information content (AvgIpc) is 3.10. The van der Waals surface area contributed by atoms with Gasteiger partial charge in [0, 0.05) is 45.6 Å². The Balaban J connectivity index is 1.87. The lowest BCUT2D eigenvalue weighted by molar-refractivity contribution is -0.143. The summed E-state index contributed by atoms with van der Waals surface area (Å²) in [4.78, 5) is 29.4. The fraction of sp³-hybridized carbons (Fsp3) is 0.0870. The van der Waals surface area contributed by atoms with Crippen molar-refractivity contribution < 1.29 is 22.8 Å². The molecule has 0 aliphatic heterocycles. The lowest BCUT2D eigenvalue weighted by Gasteiger charge is -2.15. The number of alkyl halides is 3. The SMILES string of the molecule is O=C(Nc1ccncc1)C(=O)c1c(C(F)(F)F)n(Cc2ccc(Cl)cc2Cl)c2ccccc12. The van der Waals surface area contributed by atoms with Gasteiger partial charge in [-0.15, -0.1) is 0 Å². The van der Waals surface area contributed by atoms with E-state index >= 15 is 0 Å². The number of fused-ring (bicyclic) bond motifs is 1. The van der Waals surface area contributed by atoms with Gasteiger partial charge in [0.25, 0.3) is 11.7 Å². The van der Waals surface area contributed by atoms with Gasteiger partial charge < -0.3 is 9.88 Å². The quantitative estimate of drug-likeness (QED) is 0.265. The molecule has 2 aromatic carbocycles. The second kappa shape index (κ2) is 8.88. The van der Waals surface area contributed by atoms with Crippen LogP contribution in [0, 0.1) is 0 Å². The number of ketones is 1. The number of pyridine rings is 1. The number of hydrogen-bond acceptors (Lipinski definition) is 3. The van der Waals surface area contributed by atoms with Crippen LogP contribution in [-0.4, -0.2) is 21.2 Å². The zero-order valence-electron chi connectivity index (χ0n) is 16.7. The van der Waals surface area contributed by atoms with Crippen LogP contribution in [0.25, 0.3) is 10.9 Å². The van der Waals surface area contributed by atoms with Gasteiger partial charge >= 0.3 is 6.18 Å². The molecule has 0 saturated heterocycles. The first-order chi connectivity index (χ1) is 15.7. The topological polar surface area (TPSA) is 64.0 Å². The highest BCUT2D eigenvalue weighted by Crippen LogP contribution is 2.39. The highest BCUT2D eigenvalue weighted by molar-refractivity contribution is 6.48. The van der Waals surface area contributed by atoms with E-state index in [-0.39, 0.29) is 28.2 Å². The Labute approximate surface area is 195 Å². The summed E-state index contributed by atoms with van der Waals surface area (Å²) in [6.07, 6.45) is -2.17. The van der Waals surface area contributed by atoms with Crippen molar-refractivity contribution in [3.05, 3.63) is 93.9 Å². The van der Waals surface area contributed by atoms with Crippen molar-refractivity contribution in [1.82, 2.24) is 9.55 Å². The molecular formula is C23H14Cl2F3N3O2. The number of anilines is 1. The Bertz CT molecular complexity index is 1370. The van der Waals surface area contributed by atoms with Crippen molar-refractivity contribution in [1.29, 1.82) is 0 Å². The number of rotatable bonds is 5. The van der Waals surface area contributed by atoms with Crippen LogP contribution in [0.1, 0.15) is 21.6 Å². The number of carbonyl (C=O) groups excluding carboxylic acids is 2. The van der Waals surface area contributed by atoms with E-state index in [2.05, 4.69) is 10.3 Å². The maximum atomic E-state index is 14.3. The number of amides is 1. The van der Waals surface area contributed by atoms with Gasteiger partial charge in [-0.3, -0.25) is 14.6 Å². The first-order valence-electron chi connectivity index (χ1n) is 9.55. The van der Waals surface area contributed by atoms with Crippen LogP contribution < -0.4 is 5.32 Å². The molecule has 0 aliphatic carbocycles. The smallest absolute Gasteiger partial charge is 0.332 e. The van der Waals surface area contributed by atoms with Crippen LogP contribution in [0.2, 0.25) is 10.0 Å². The first kappa shape index (κ1) is 22.8. The standard InChI is InChI=1S/C23H14Cl2F3N3O2/c24-14-6-5-13(17(25)11-14)12-31-18-4-2-1-3-16(18)19(21(31)23(26,27)28)20(32)22(33)30-15-7-9-29-10-8-15/h1-11H,12H2,(H,29,30,33). The number of para-hydroxylation sites is 1. The summed E-state index contributed by atoms with van der Waals surface area (Å²) in [6, 6.07) is 13.2. The molecule has 10 heteroatoms. The van der Waals surface area contributed by atoms with E-state index in [4.69, 9.17) is 23.2 Å². The molecule has 1 N–H and O–H groups in total. The molecule has 0 bridgehead atoms. The molecule has 0 atom stereocenters. The van der Waals surface area contributed by atoms with Gasteiger partial charge in [0.2, 0.25) is 0 Å². The second-order valence-corrected chi connectivity index (χ2v) is 7.92. The monoisotopic (exact) mass is 491 g/mol. The van der Waals surface area contributed by atoms with Gasteiger partial charge in [-0.05, 0) is 35.9 Å². The minimum atomic E-state index is -4.93. The maximum absolute atomic E-state index is 14.3. The predicted molar refractivity (Wildman–Crippen MR) is 120 cm³/mol. The van der Waals surface area contributed by atoms with Crippen molar-refractivity contribution in [2.75, 3.05) is 5.32 Å². The Morgan fingerprint density at radius 2 is 1.70 bits per heavy atom. The first-order valence-corrected chi connectivity index (χ1v) is 10.3. The van der Waals surface area contributed by atoms with Crippen molar-refractivity contribution >= 4 is 51.5 Å². The fourth-order valence-corrected chi connectivity index (χ4v) is 4.02. The van der Waals surface area contributed by atoms with Crippen LogP contribution in [0.4, 0.5) is 18.9 Å². The molecule has 0 saturated carbocycles. The number of Topliss-reactive ketones (excluding diaryl/α,β-unsaturated/α-hetero) is 1. The van der Waals surface area contributed by atoms with Gasteiger partial charge in [-0.25, -0.2) is 0 Å². The Hall–Kier alpha value is -3.36. The van der Waals surface area contributed by atoms with Crippen LogP contribution >= 0.6 is 23.2 Å². The molecule has 0 aliphatic rings. The molecule has 1 amide bonds. The summed E-state index contributed by atoms with van der Waals surface area (Å²) in [5.41, 5.74) is -1.23. The van der Waals surface area contributed by atoms with Crippen LogP contribution in [-0.2, 0) is 17.5 Å². The molecule has 4 rings (SSSR count). The van der Waals surface area contributed by atoms with Crippen LogP contribution in [0.5, 0.6) is 0 Å². The molecule has 2 heterocycles. The average molecular weight is 492 g/mol. The number of benzene rings is 2. The molecule has 0 spiro atoms. The molecule has 0 unspecified atom stereocenters. The number of nitrogens with one attached hydrogen (secondary N) is 1. The Kier molecular flexibility index (Phi) is 6.14. The summed E-state index contributed by atoms with van der Waals surface area (Å²) < 4.78 is 43.8. The Morgan fingerprint density at radius 3 is 2.36 bits per heavy atom. The fourth-order valence-electron chi connectivity index (χ4n) is 3.55. The summed E-state index contributed by atoms with van der Waals surface area (Å²) in [7, 11) is 0. The van der Waals surface area contributed by atoms with Gasteiger partial charge in [0.15, 0.2) is 0 Å². The maximum Gasteiger partial charge on any atom is 0.432 e. The second-order valence-electron chi connectivity index (χ2n) is 7.08. The molecule has 168 valence electrons. The zero-order chi connectivity index (χ0) is 23.8. The molecule has 4 aromatic rings. The number of nitrogens with zero attached hydrogens (tertiary/aromatic N) is 2. The lowest BCUT2D eigenvalue weighted by atomic mass is 10.1. The normalized spacial score (nSPS) is 11.5. The molecule has 0 radical (unpaired) electrons. The van der Waals surface area contributed by atoms with Gasteiger partial charge in [0.1, 0.15) is 5.69 Å². The number of carbonyl (C=O) groups is 2. The highest BCUT2D eigenvalue weighted by atomic mass is 35.5. The summed E-state index contributed by atoms with van der Waals surface area (Å²) in [6.45, 7) is -0.287. The summed E-state index contributed by atoms with van der Waals surface area (Å²) >= 11 is 12.1. The van der Waals surface area contributed by atoms with E-state index in [9.17, 15) is 22.8 Å².